The lowest BCUT2D eigenvalue weighted by Gasteiger charge is -2.19. The predicted molar refractivity (Wildman–Crippen MR) is 67.6 cm³/mol. The summed E-state index contributed by atoms with van der Waals surface area (Å²) >= 11 is 0. The highest BCUT2D eigenvalue weighted by Gasteiger charge is 2.24. The van der Waals surface area contributed by atoms with Crippen LogP contribution in [0.2, 0.25) is 0 Å². The van der Waals surface area contributed by atoms with Gasteiger partial charge in [-0.25, -0.2) is 13.6 Å². The van der Waals surface area contributed by atoms with Crippen LogP contribution < -0.4 is 0 Å². The summed E-state index contributed by atoms with van der Waals surface area (Å²) in [5.74, 6) is 0. The second-order valence-electron chi connectivity index (χ2n) is 4.57. The first kappa shape index (κ1) is 15.4. The molecular weight excluding hydrogens is 256 g/mol. The van der Waals surface area contributed by atoms with E-state index in [1.165, 1.54) is 11.9 Å². The zero-order chi connectivity index (χ0) is 14.4. The highest BCUT2D eigenvalue weighted by molar-refractivity contribution is 5.78. The molecule has 1 rings (SSSR count). The second kappa shape index (κ2) is 7.06. The zero-order valence-electron chi connectivity index (χ0n) is 11.1. The minimum Gasteiger partial charge on any atom is -0.443 e. The molecule has 1 amide bonds. The van der Waals surface area contributed by atoms with Crippen molar-refractivity contribution in [2.24, 2.45) is 0 Å². The van der Waals surface area contributed by atoms with Gasteiger partial charge in [0.1, 0.15) is 0 Å². The van der Waals surface area contributed by atoms with E-state index in [2.05, 4.69) is 4.74 Å². The van der Waals surface area contributed by atoms with Gasteiger partial charge in [-0.05, 0) is 12.8 Å². The fraction of sp³-hybridized carbons (Fsp3) is 0.667. The molecule has 1 saturated carbocycles. The van der Waals surface area contributed by atoms with E-state index in [1.807, 2.05) is 11.9 Å². The summed E-state index contributed by atoms with van der Waals surface area (Å²) in [6, 6.07) is 0.506. The van der Waals surface area contributed by atoms with Crippen LogP contribution in [-0.4, -0.2) is 61.8 Å². The smallest absolute Gasteiger partial charge is 0.410 e. The van der Waals surface area contributed by atoms with Gasteiger partial charge >= 0.3 is 6.09 Å². The first-order chi connectivity index (χ1) is 8.93. The van der Waals surface area contributed by atoms with Crippen molar-refractivity contribution in [2.75, 3.05) is 27.2 Å². The number of carbonyl (C=O) groups is 1. The first-order valence-corrected chi connectivity index (χ1v) is 6.03. The minimum absolute atomic E-state index is 0.155. The number of hydrogen-bond donors (Lipinski definition) is 1. The Kier molecular flexibility index (Phi) is 5.72. The maximum atomic E-state index is 11.9. The molecule has 1 aliphatic rings. The summed E-state index contributed by atoms with van der Waals surface area (Å²) < 4.78 is 28.2. The number of rotatable bonds is 7. The van der Waals surface area contributed by atoms with E-state index < -0.39 is 19.1 Å². The third kappa shape index (κ3) is 5.67. The lowest BCUT2D eigenvalue weighted by atomic mass is 10.3. The average molecular weight is 275 g/mol. The number of halogens is 2. The van der Waals surface area contributed by atoms with Crippen LogP contribution in [0.1, 0.15) is 12.8 Å². The molecule has 19 heavy (non-hydrogen) atoms. The molecule has 0 saturated heterocycles. The number of hydrogen-bond acceptors (Lipinski definition) is 4. The quantitative estimate of drug-likeness (QED) is 0.722. The van der Waals surface area contributed by atoms with E-state index in [0.29, 0.717) is 11.6 Å². The Morgan fingerprint density at radius 1 is 1.47 bits per heavy atom. The summed E-state index contributed by atoms with van der Waals surface area (Å²) in [6.45, 7) is -0.753. The largest absolute Gasteiger partial charge is 0.443 e. The highest BCUT2D eigenvalue weighted by atomic mass is 19.3. The molecule has 0 aromatic rings. The number of nitrogens with zero attached hydrogens (tertiary/aromatic N) is 2. The van der Waals surface area contributed by atoms with Gasteiger partial charge in [-0.1, -0.05) is 0 Å². The van der Waals surface area contributed by atoms with Gasteiger partial charge in [-0.2, -0.15) is 0 Å². The van der Waals surface area contributed by atoms with Gasteiger partial charge in [0.25, 0.3) is 6.43 Å². The number of carbonyl (C=O) groups excluding carboxylic acids is 1. The highest BCUT2D eigenvalue weighted by Crippen LogP contribution is 2.25. The van der Waals surface area contributed by atoms with Crippen LogP contribution in [0.15, 0.2) is 11.8 Å². The number of amides is 1. The van der Waals surface area contributed by atoms with Crippen molar-refractivity contribution >= 4 is 12.3 Å². The number of ether oxygens (including phenoxy) is 1. The monoisotopic (exact) mass is 275 g/mol. The maximum absolute atomic E-state index is 11.9. The van der Waals surface area contributed by atoms with Crippen molar-refractivity contribution in [3.05, 3.63) is 11.8 Å². The van der Waals surface area contributed by atoms with Crippen molar-refractivity contribution in [1.82, 2.24) is 9.80 Å². The van der Waals surface area contributed by atoms with E-state index in [-0.39, 0.29) is 6.54 Å². The molecule has 108 valence electrons. The summed E-state index contributed by atoms with van der Waals surface area (Å²) in [4.78, 5) is 14.6. The van der Waals surface area contributed by atoms with Crippen molar-refractivity contribution in [3.63, 3.8) is 0 Å². The molecule has 0 unspecified atom stereocenters. The maximum Gasteiger partial charge on any atom is 0.410 e. The molecule has 1 aliphatic carbocycles. The molecular formula is C12H19F2N3O2. The molecule has 0 heterocycles. The van der Waals surface area contributed by atoms with Gasteiger partial charge in [0.2, 0.25) is 0 Å². The summed E-state index contributed by atoms with van der Waals surface area (Å²) in [6.07, 6.45) is 1.71. The third-order valence-electron chi connectivity index (χ3n) is 2.74. The van der Waals surface area contributed by atoms with Gasteiger partial charge in [0.05, 0.1) is 6.54 Å². The molecule has 0 bridgehead atoms. The molecule has 0 spiro atoms. The minimum atomic E-state index is -2.67. The summed E-state index contributed by atoms with van der Waals surface area (Å²) in [5, 5.41) is 7.30. The number of likely N-dealkylation sites (N-methyl/N-ethyl adjacent to an activating group) is 1. The van der Waals surface area contributed by atoms with Crippen LogP contribution in [0.4, 0.5) is 13.6 Å². The zero-order valence-corrected chi connectivity index (χ0v) is 11.1. The van der Waals surface area contributed by atoms with Gasteiger partial charge in [0, 0.05) is 38.1 Å². The Bertz CT molecular complexity index is 357. The van der Waals surface area contributed by atoms with Crippen molar-refractivity contribution in [1.29, 1.82) is 5.41 Å². The first-order valence-electron chi connectivity index (χ1n) is 6.03. The van der Waals surface area contributed by atoms with Gasteiger partial charge in [-0.15, -0.1) is 0 Å². The van der Waals surface area contributed by atoms with Gasteiger partial charge < -0.3 is 19.9 Å². The standard InChI is InChI=1S/C12H19F2N3O2/c1-16(10-3-4-10)6-9(5-15)7-17(2)12(18)19-8-11(13)14/h5-6,10-11,15H,3-4,7-8H2,1-2H3/b9-6+,15-5?. The van der Waals surface area contributed by atoms with Crippen LogP contribution in [0.3, 0.4) is 0 Å². The Balaban J connectivity index is 2.45. The van der Waals surface area contributed by atoms with Crippen LogP contribution in [0.25, 0.3) is 0 Å². The molecule has 0 aliphatic heterocycles. The molecule has 0 radical (unpaired) electrons. The fourth-order valence-corrected chi connectivity index (χ4v) is 1.56. The SMILES string of the molecule is CN(C/C(C=N)=C/N(C)C1CC1)C(=O)OCC(F)F. The fourth-order valence-electron chi connectivity index (χ4n) is 1.56. The summed E-state index contributed by atoms with van der Waals surface area (Å²) in [5.41, 5.74) is 0.617. The number of nitrogens with one attached hydrogen (secondary N) is 1. The van der Waals surface area contributed by atoms with Crippen LogP contribution in [0.5, 0.6) is 0 Å². The lowest BCUT2D eigenvalue weighted by molar-refractivity contribution is 0.0362. The van der Waals surface area contributed by atoms with Crippen molar-refractivity contribution < 1.29 is 18.3 Å². The van der Waals surface area contributed by atoms with Crippen LogP contribution in [0, 0.1) is 5.41 Å². The van der Waals surface area contributed by atoms with E-state index in [1.54, 1.807) is 6.20 Å². The Hall–Kier alpha value is -1.66. The molecule has 1 fully saturated rings. The number of alkyl halides is 2. The van der Waals surface area contributed by atoms with Gasteiger partial charge in [-0.3, -0.25) is 0 Å². The molecule has 7 heteroatoms. The van der Waals surface area contributed by atoms with E-state index >= 15 is 0 Å². The summed E-state index contributed by atoms with van der Waals surface area (Å²) in [7, 11) is 3.36. The Morgan fingerprint density at radius 2 is 2.11 bits per heavy atom. The van der Waals surface area contributed by atoms with E-state index in [4.69, 9.17) is 5.41 Å². The van der Waals surface area contributed by atoms with Crippen LogP contribution in [-0.2, 0) is 4.74 Å². The Labute approximate surface area is 111 Å². The van der Waals surface area contributed by atoms with Crippen molar-refractivity contribution in [2.45, 2.75) is 25.3 Å². The van der Waals surface area contributed by atoms with E-state index in [9.17, 15) is 13.6 Å². The topological polar surface area (TPSA) is 56.6 Å². The predicted octanol–water partition coefficient (Wildman–Crippen LogP) is 1.95. The molecule has 0 aromatic heterocycles. The van der Waals surface area contributed by atoms with Crippen LogP contribution >= 0.6 is 0 Å². The average Bonchev–Trinajstić information content (AvgIpc) is 3.18. The molecule has 1 N–H and O–H groups in total. The van der Waals surface area contributed by atoms with Gasteiger partial charge in [0.15, 0.2) is 6.61 Å². The molecule has 0 atom stereocenters. The lowest BCUT2D eigenvalue weighted by Crippen LogP contribution is -2.31. The molecule has 5 nitrogen and oxygen atoms in total. The Morgan fingerprint density at radius 3 is 2.58 bits per heavy atom. The second-order valence-corrected chi connectivity index (χ2v) is 4.57. The van der Waals surface area contributed by atoms with Crippen molar-refractivity contribution in [3.8, 4) is 0 Å². The normalized spacial score (nSPS) is 15.3. The third-order valence-corrected chi connectivity index (χ3v) is 2.74. The molecule has 0 aromatic carbocycles. The van der Waals surface area contributed by atoms with E-state index in [0.717, 1.165) is 19.1 Å².